The fourth-order valence-electron chi connectivity index (χ4n) is 2.81. The van der Waals surface area contributed by atoms with Crippen LogP contribution in [-0.2, 0) is 14.8 Å². The van der Waals surface area contributed by atoms with Gasteiger partial charge >= 0.3 is 0 Å². The van der Waals surface area contributed by atoms with E-state index in [4.69, 9.17) is 11.6 Å². The average molecular weight is 365 g/mol. The lowest BCUT2D eigenvalue weighted by molar-refractivity contribution is -0.126. The standard InChI is InChI=1S/C17H17ClN2O3S/c1-12-5-4-6-13(11-12)24(22,23)20-10-9-19-17(21)16(20)14-7-2-3-8-15(14)18/h2-8,11,16H,9-10H2,1H3,(H,19,21). The molecule has 1 aliphatic heterocycles. The number of benzene rings is 2. The fraction of sp³-hybridized carbons (Fsp3) is 0.235. The third-order valence-corrected chi connectivity index (χ3v) is 6.17. The van der Waals surface area contributed by atoms with Crippen molar-refractivity contribution >= 4 is 27.5 Å². The van der Waals surface area contributed by atoms with Gasteiger partial charge in [0.2, 0.25) is 15.9 Å². The lowest BCUT2D eigenvalue weighted by Gasteiger charge is -2.34. The molecule has 7 heteroatoms. The summed E-state index contributed by atoms with van der Waals surface area (Å²) in [5.41, 5.74) is 1.32. The van der Waals surface area contributed by atoms with E-state index >= 15 is 0 Å². The molecule has 1 saturated heterocycles. The summed E-state index contributed by atoms with van der Waals surface area (Å²) in [6, 6.07) is 12.5. The minimum absolute atomic E-state index is 0.175. The van der Waals surface area contributed by atoms with Crippen LogP contribution in [0.4, 0.5) is 0 Å². The van der Waals surface area contributed by atoms with Crippen LogP contribution in [0.3, 0.4) is 0 Å². The Morgan fingerprint density at radius 1 is 1.17 bits per heavy atom. The van der Waals surface area contributed by atoms with Crippen molar-refractivity contribution in [2.24, 2.45) is 0 Å². The maximum absolute atomic E-state index is 13.1. The van der Waals surface area contributed by atoms with Crippen molar-refractivity contribution in [3.8, 4) is 0 Å². The van der Waals surface area contributed by atoms with Crippen LogP contribution in [0, 0.1) is 6.92 Å². The molecule has 0 saturated carbocycles. The predicted octanol–water partition coefficient (Wildman–Crippen LogP) is 2.51. The number of rotatable bonds is 3. The van der Waals surface area contributed by atoms with E-state index < -0.39 is 16.1 Å². The molecule has 1 heterocycles. The Hall–Kier alpha value is -1.89. The number of hydrogen-bond donors (Lipinski definition) is 1. The quantitative estimate of drug-likeness (QED) is 0.910. The number of hydrogen-bond acceptors (Lipinski definition) is 3. The molecule has 1 atom stereocenters. The highest BCUT2D eigenvalue weighted by molar-refractivity contribution is 7.89. The van der Waals surface area contributed by atoms with E-state index in [0.29, 0.717) is 10.6 Å². The first kappa shape index (κ1) is 17.0. The molecule has 126 valence electrons. The molecule has 0 spiro atoms. The number of carbonyl (C=O) groups is 1. The summed E-state index contributed by atoms with van der Waals surface area (Å²) in [6.45, 7) is 2.29. The lowest BCUT2D eigenvalue weighted by Crippen LogP contribution is -2.52. The van der Waals surface area contributed by atoms with Crippen molar-refractivity contribution in [1.29, 1.82) is 0 Å². The van der Waals surface area contributed by atoms with E-state index in [-0.39, 0.29) is 23.9 Å². The van der Waals surface area contributed by atoms with Crippen molar-refractivity contribution in [1.82, 2.24) is 9.62 Å². The third-order valence-electron chi connectivity index (χ3n) is 3.96. The van der Waals surface area contributed by atoms with Crippen LogP contribution in [0.1, 0.15) is 17.2 Å². The molecule has 1 amide bonds. The van der Waals surface area contributed by atoms with Gasteiger partial charge in [-0.15, -0.1) is 0 Å². The van der Waals surface area contributed by atoms with Crippen LogP contribution in [0.25, 0.3) is 0 Å². The van der Waals surface area contributed by atoms with Crippen LogP contribution in [0.15, 0.2) is 53.4 Å². The Morgan fingerprint density at radius 3 is 2.62 bits per heavy atom. The zero-order valence-corrected chi connectivity index (χ0v) is 14.6. The maximum atomic E-state index is 13.1. The second-order valence-electron chi connectivity index (χ2n) is 5.65. The summed E-state index contributed by atoms with van der Waals surface area (Å²) < 4.78 is 27.4. The van der Waals surface area contributed by atoms with Gasteiger partial charge in [-0.3, -0.25) is 4.79 Å². The van der Waals surface area contributed by atoms with Crippen molar-refractivity contribution in [3.63, 3.8) is 0 Å². The van der Waals surface area contributed by atoms with Crippen LogP contribution in [0.5, 0.6) is 0 Å². The number of nitrogens with zero attached hydrogens (tertiary/aromatic N) is 1. The number of carbonyl (C=O) groups excluding carboxylic acids is 1. The Labute approximate surface area is 146 Å². The molecule has 5 nitrogen and oxygen atoms in total. The van der Waals surface area contributed by atoms with E-state index in [1.165, 1.54) is 4.31 Å². The van der Waals surface area contributed by atoms with E-state index in [0.717, 1.165) is 5.56 Å². The molecule has 1 aliphatic rings. The van der Waals surface area contributed by atoms with E-state index in [9.17, 15) is 13.2 Å². The second kappa shape index (κ2) is 6.55. The first-order valence-electron chi connectivity index (χ1n) is 7.52. The number of halogens is 1. The van der Waals surface area contributed by atoms with Gasteiger partial charge < -0.3 is 5.32 Å². The van der Waals surface area contributed by atoms with E-state index in [1.807, 2.05) is 13.0 Å². The fourth-order valence-corrected chi connectivity index (χ4v) is 4.72. The first-order valence-corrected chi connectivity index (χ1v) is 9.34. The summed E-state index contributed by atoms with van der Waals surface area (Å²) >= 11 is 6.21. The van der Waals surface area contributed by atoms with Gasteiger partial charge in [-0.1, -0.05) is 41.9 Å². The highest BCUT2D eigenvalue weighted by atomic mass is 35.5. The molecule has 0 bridgehead atoms. The van der Waals surface area contributed by atoms with E-state index in [1.54, 1.807) is 42.5 Å². The second-order valence-corrected chi connectivity index (χ2v) is 7.95. The molecule has 2 aromatic carbocycles. The zero-order valence-electron chi connectivity index (χ0n) is 13.1. The Morgan fingerprint density at radius 2 is 1.92 bits per heavy atom. The minimum Gasteiger partial charge on any atom is -0.353 e. The van der Waals surface area contributed by atoms with Gasteiger partial charge in [0, 0.05) is 18.1 Å². The third kappa shape index (κ3) is 3.05. The minimum atomic E-state index is -3.82. The molecule has 0 radical (unpaired) electrons. The largest absolute Gasteiger partial charge is 0.353 e. The summed E-state index contributed by atoms with van der Waals surface area (Å²) in [6.07, 6.45) is 0. The number of aryl methyl sites for hydroxylation is 1. The molecule has 0 aliphatic carbocycles. The van der Waals surface area contributed by atoms with Gasteiger partial charge in [-0.05, 0) is 36.2 Å². The summed E-state index contributed by atoms with van der Waals surface area (Å²) in [7, 11) is -3.82. The number of amides is 1. The summed E-state index contributed by atoms with van der Waals surface area (Å²) in [5, 5.41) is 3.08. The first-order chi connectivity index (χ1) is 11.4. The molecule has 3 rings (SSSR count). The van der Waals surface area contributed by atoms with Crippen molar-refractivity contribution < 1.29 is 13.2 Å². The molecule has 2 aromatic rings. The molecule has 1 N–H and O–H groups in total. The summed E-state index contributed by atoms with van der Waals surface area (Å²) in [5.74, 6) is -0.370. The highest BCUT2D eigenvalue weighted by Gasteiger charge is 2.40. The Bertz CT molecular complexity index is 883. The smallest absolute Gasteiger partial charge is 0.244 e. The van der Waals surface area contributed by atoms with Gasteiger partial charge in [-0.25, -0.2) is 8.42 Å². The molecular weight excluding hydrogens is 348 g/mol. The number of piperazine rings is 1. The van der Waals surface area contributed by atoms with Crippen molar-refractivity contribution in [2.45, 2.75) is 17.9 Å². The monoisotopic (exact) mass is 364 g/mol. The normalized spacial score (nSPS) is 19.1. The molecule has 0 aromatic heterocycles. The Kier molecular flexibility index (Phi) is 4.62. The topological polar surface area (TPSA) is 66.5 Å². The lowest BCUT2D eigenvalue weighted by atomic mass is 10.0. The SMILES string of the molecule is Cc1cccc(S(=O)(=O)N2CCNC(=O)C2c2ccccc2Cl)c1. The van der Waals surface area contributed by atoms with Gasteiger partial charge in [0.15, 0.2) is 0 Å². The zero-order chi connectivity index (χ0) is 17.3. The van der Waals surface area contributed by atoms with Crippen LogP contribution < -0.4 is 5.32 Å². The van der Waals surface area contributed by atoms with Gasteiger partial charge in [0.1, 0.15) is 6.04 Å². The maximum Gasteiger partial charge on any atom is 0.244 e. The van der Waals surface area contributed by atoms with Crippen LogP contribution in [-0.4, -0.2) is 31.7 Å². The van der Waals surface area contributed by atoms with Crippen molar-refractivity contribution in [3.05, 3.63) is 64.7 Å². The average Bonchev–Trinajstić information content (AvgIpc) is 2.55. The molecular formula is C17H17ClN2O3S. The number of nitrogens with one attached hydrogen (secondary N) is 1. The summed E-state index contributed by atoms with van der Waals surface area (Å²) in [4.78, 5) is 12.6. The molecule has 24 heavy (non-hydrogen) atoms. The van der Waals surface area contributed by atoms with Gasteiger partial charge in [0.25, 0.3) is 0 Å². The van der Waals surface area contributed by atoms with E-state index in [2.05, 4.69) is 5.32 Å². The van der Waals surface area contributed by atoms with Crippen molar-refractivity contribution in [2.75, 3.05) is 13.1 Å². The molecule has 1 fully saturated rings. The molecule has 1 unspecified atom stereocenters. The van der Waals surface area contributed by atoms with Crippen LogP contribution in [0.2, 0.25) is 5.02 Å². The highest BCUT2D eigenvalue weighted by Crippen LogP contribution is 2.33. The Balaban J connectivity index is 2.10. The predicted molar refractivity (Wildman–Crippen MR) is 92.3 cm³/mol. The van der Waals surface area contributed by atoms with Crippen LogP contribution >= 0.6 is 11.6 Å². The number of sulfonamides is 1. The van der Waals surface area contributed by atoms with Gasteiger partial charge in [-0.2, -0.15) is 4.31 Å². The van der Waals surface area contributed by atoms with Gasteiger partial charge in [0.05, 0.1) is 4.90 Å².